The van der Waals surface area contributed by atoms with Gasteiger partial charge in [-0.3, -0.25) is 9.69 Å². The molecule has 6 heteroatoms. The maximum atomic E-state index is 12.1. The van der Waals surface area contributed by atoms with Gasteiger partial charge in [0.1, 0.15) is 6.61 Å². The summed E-state index contributed by atoms with van der Waals surface area (Å²) < 4.78 is 0. The fourth-order valence-electron chi connectivity index (χ4n) is 1.99. The van der Waals surface area contributed by atoms with Crippen molar-refractivity contribution in [3.8, 4) is 0 Å². The van der Waals surface area contributed by atoms with Crippen LogP contribution in [0.3, 0.4) is 0 Å². The van der Waals surface area contributed by atoms with Crippen LogP contribution < -0.4 is 4.90 Å². The van der Waals surface area contributed by atoms with Gasteiger partial charge in [-0.05, 0) is 38.0 Å². The van der Waals surface area contributed by atoms with Gasteiger partial charge in [0.05, 0.1) is 17.6 Å². The summed E-state index contributed by atoms with van der Waals surface area (Å²) in [5.41, 5.74) is 3.73. The molecule has 0 saturated heterocycles. The lowest BCUT2D eigenvalue weighted by atomic mass is 10.1. The molecule has 0 radical (unpaired) electrons. The van der Waals surface area contributed by atoms with Crippen LogP contribution in [0.1, 0.15) is 30.7 Å². The SMILES string of the molecule is CCO/N=C/c1csc(N(C(C)=O)c2cccc(C)c2C)n1. The number of benzene rings is 1. The van der Waals surface area contributed by atoms with E-state index in [0.29, 0.717) is 17.4 Å². The number of carbonyl (C=O) groups is 1. The molecule has 0 spiro atoms. The number of amides is 1. The lowest BCUT2D eigenvalue weighted by molar-refractivity contribution is -0.115. The summed E-state index contributed by atoms with van der Waals surface area (Å²) in [6.07, 6.45) is 1.55. The first kappa shape index (κ1) is 16.2. The smallest absolute Gasteiger partial charge is 0.230 e. The Balaban J connectivity index is 2.37. The van der Waals surface area contributed by atoms with Crippen LogP contribution in [0, 0.1) is 13.8 Å². The molecule has 0 N–H and O–H groups in total. The van der Waals surface area contributed by atoms with E-state index in [4.69, 9.17) is 4.84 Å². The van der Waals surface area contributed by atoms with Gasteiger partial charge in [-0.1, -0.05) is 17.3 Å². The Morgan fingerprint density at radius 1 is 1.45 bits per heavy atom. The van der Waals surface area contributed by atoms with Crippen molar-refractivity contribution in [1.29, 1.82) is 0 Å². The van der Waals surface area contributed by atoms with Gasteiger partial charge in [0.15, 0.2) is 5.13 Å². The number of nitrogens with zero attached hydrogens (tertiary/aromatic N) is 3. The zero-order valence-corrected chi connectivity index (χ0v) is 14.0. The third-order valence-corrected chi connectivity index (χ3v) is 4.07. The molecule has 1 aromatic carbocycles. The summed E-state index contributed by atoms with van der Waals surface area (Å²) >= 11 is 1.40. The van der Waals surface area contributed by atoms with Gasteiger partial charge in [-0.15, -0.1) is 11.3 Å². The third-order valence-electron chi connectivity index (χ3n) is 3.22. The van der Waals surface area contributed by atoms with E-state index in [1.54, 1.807) is 11.1 Å². The number of oxime groups is 1. The van der Waals surface area contributed by atoms with Gasteiger partial charge in [0.2, 0.25) is 5.91 Å². The normalized spacial score (nSPS) is 10.9. The molecular weight excluding hydrogens is 298 g/mol. The Labute approximate surface area is 134 Å². The number of thiazole rings is 1. The predicted molar refractivity (Wildman–Crippen MR) is 90.1 cm³/mol. The molecule has 1 heterocycles. The molecule has 0 unspecified atom stereocenters. The van der Waals surface area contributed by atoms with Gasteiger partial charge < -0.3 is 4.84 Å². The van der Waals surface area contributed by atoms with Gasteiger partial charge in [0, 0.05) is 12.3 Å². The summed E-state index contributed by atoms with van der Waals surface area (Å²) in [4.78, 5) is 23.1. The summed E-state index contributed by atoms with van der Waals surface area (Å²) in [5.74, 6) is -0.0728. The minimum absolute atomic E-state index is 0.0728. The topological polar surface area (TPSA) is 54.8 Å². The van der Waals surface area contributed by atoms with Crippen LogP contribution in [-0.2, 0) is 9.63 Å². The monoisotopic (exact) mass is 317 g/mol. The van der Waals surface area contributed by atoms with Gasteiger partial charge in [-0.2, -0.15) is 0 Å². The molecule has 2 aromatic rings. The third kappa shape index (κ3) is 3.51. The predicted octanol–water partition coefficient (Wildman–Crippen LogP) is 3.81. The van der Waals surface area contributed by atoms with Crippen LogP contribution in [0.5, 0.6) is 0 Å². The fourth-order valence-corrected chi connectivity index (χ4v) is 2.82. The highest BCUT2D eigenvalue weighted by Crippen LogP contribution is 2.32. The van der Waals surface area contributed by atoms with Gasteiger partial charge in [-0.25, -0.2) is 4.98 Å². The van der Waals surface area contributed by atoms with Crippen LogP contribution >= 0.6 is 11.3 Å². The van der Waals surface area contributed by atoms with Crippen LogP contribution in [0.15, 0.2) is 28.7 Å². The van der Waals surface area contributed by atoms with E-state index in [1.165, 1.54) is 18.3 Å². The highest BCUT2D eigenvalue weighted by Gasteiger charge is 2.19. The van der Waals surface area contributed by atoms with E-state index in [1.807, 2.05) is 44.4 Å². The summed E-state index contributed by atoms with van der Waals surface area (Å²) in [6.45, 7) is 7.94. The first-order chi connectivity index (χ1) is 10.5. The lowest BCUT2D eigenvalue weighted by Crippen LogP contribution is -2.23. The second-order valence-electron chi connectivity index (χ2n) is 4.78. The van der Waals surface area contributed by atoms with E-state index >= 15 is 0 Å². The number of aryl methyl sites for hydroxylation is 1. The van der Waals surface area contributed by atoms with Crippen molar-refractivity contribution < 1.29 is 9.63 Å². The standard InChI is InChI=1S/C16H19N3O2S/c1-5-21-17-9-14-10-22-16(18-14)19(13(4)20)15-8-6-7-11(2)12(15)3/h6-10H,5H2,1-4H3/b17-9+. The second kappa shape index (κ2) is 7.17. The van der Waals surface area contributed by atoms with Crippen molar-refractivity contribution in [3.63, 3.8) is 0 Å². The van der Waals surface area contributed by atoms with Gasteiger partial charge in [0.25, 0.3) is 0 Å². The number of hydrogen-bond donors (Lipinski definition) is 0. The number of aromatic nitrogens is 1. The molecule has 2 rings (SSSR count). The Bertz CT molecular complexity index is 694. The number of hydrogen-bond acceptors (Lipinski definition) is 5. The summed E-state index contributed by atoms with van der Waals surface area (Å²) in [6, 6.07) is 5.90. The van der Waals surface area contributed by atoms with Crippen molar-refractivity contribution in [2.75, 3.05) is 11.5 Å². The average molecular weight is 317 g/mol. The molecule has 0 aliphatic carbocycles. The maximum Gasteiger partial charge on any atom is 0.230 e. The molecule has 0 saturated carbocycles. The summed E-state index contributed by atoms with van der Waals surface area (Å²) in [7, 11) is 0. The zero-order valence-electron chi connectivity index (χ0n) is 13.2. The van der Waals surface area contributed by atoms with E-state index in [2.05, 4.69) is 10.1 Å². The average Bonchev–Trinajstić information content (AvgIpc) is 2.92. The molecule has 116 valence electrons. The highest BCUT2D eigenvalue weighted by atomic mass is 32.1. The molecule has 0 fully saturated rings. The lowest BCUT2D eigenvalue weighted by Gasteiger charge is -2.21. The Morgan fingerprint density at radius 3 is 2.91 bits per heavy atom. The van der Waals surface area contributed by atoms with E-state index in [0.717, 1.165) is 16.8 Å². The highest BCUT2D eigenvalue weighted by molar-refractivity contribution is 7.14. The Hall–Kier alpha value is -2.21. The Kier molecular flexibility index (Phi) is 5.27. The van der Waals surface area contributed by atoms with Crippen molar-refractivity contribution in [2.45, 2.75) is 27.7 Å². The quantitative estimate of drug-likeness (QED) is 0.622. The van der Waals surface area contributed by atoms with E-state index in [9.17, 15) is 4.79 Å². The molecule has 0 bridgehead atoms. The molecular formula is C16H19N3O2S. The number of rotatable bonds is 5. The largest absolute Gasteiger partial charge is 0.396 e. The molecule has 5 nitrogen and oxygen atoms in total. The Morgan fingerprint density at radius 2 is 2.23 bits per heavy atom. The van der Waals surface area contributed by atoms with Crippen molar-refractivity contribution >= 4 is 34.3 Å². The molecule has 1 amide bonds. The van der Waals surface area contributed by atoms with Crippen molar-refractivity contribution in [1.82, 2.24) is 4.98 Å². The van der Waals surface area contributed by atoms with Crippen LogP contribution in [-0.4, -0.2) is 23.7 Å². The molecule has 0 atom stereocenters. The molecule has 22 heavy (non-hydrogen) atoms. The number of carbonyl (C=O) groups excluding carboxylic acids is 1. The first-order valence-corrected chi connectivity index (χ1v) is 7.90. The first-order valence-electron chi connectivity index (χ1n) is 7.02. The van der Waals surface area contributed by atoms with Crippen LogP contribution in [0.4, 0.5) is 10.8 Å². The second-order valence-corrected chi connectivity index (χ2v) is 5.62. The molecule has 1 aromatic heterocycles. The maximum absolute atomic E-state index is 12.1. The summed E-state index contributed by atoms with van der Waals surface area (Å²) in [5, 5.41) is 6.27. The van der Waals surface area contributed by atoms with Crippen molar-refractivity contribution in [3.05, 3.63) is 40.4 Å². The zero-order chi connectivity index (χ0) is 16.1. The van der Waals surface area contributed by atoms with Crippen LogP contribution in [0.25, 0.3) is 0 Å². The minimum atomic E-state index is -0.0728. The van der Waals surface area contributed by atoms with Crippen LogP contribution in [0.2, 0.25) is 0 Å². The van der Waals surface area contributed by atoms with Crippen molar-refractivity contribution in [2.24, 2.45) is 5.16 Å². The molecule has 0 aliphatic rings. The minimum Gasteiger partial charge on any atom is -0.396 e. The fraction of sp³-hybridized carbons (Fsp3) is 0.312. The van der Waals surface area contributed by atoms with E-state index in [-0.39, 0.29) is 5.91 Å². The number of anilines is 2. The van der Waals surface area contributed by atoms with E-state index < -0.39 is 0 Å². The van der Waals surface area contributed by atoms with Gasteiger partial charge >= 0.3 is 0 Å². The molecule has 0 aliphatic heterocycles.